The number of hydrogen-bond acceptors (Lipinski definition) is 5. The van der Waals surface area contributed by atoms with Crippen molar-refractivity contribution in [3.8, 4) is 11.5 Å². The Kier molecular flexibility index (Phi) is 7.73. The molecule has 0 saturated carbocycles. The molecule has 0 unspecified atom stereocenters. The molecule has 1 N–H and O–H groups in total. The van der Waals surface area contributed by atoms with Gasteiger partial charge in [-0.3, -0.25) is 9.10 Å². The molecule has 3 aromatic carbocycles. The predicted molar refractivity (Wildman–Crippen MR) is 131 cm³/mol. The van der Waals surface area contributed by atoms with Crippen LogP contribution in [-0.4, -0.2) is 34.8 Å². The molecule has 10 heteroatoms. The average Bonchev–Trinajstić information content (AvgIpc) is 2.79. The quantitative estimate of drug-likeness (QED) is 0.450. The zero-order valence-corrected chi connectivity index (χ0v) is 20.5. The molecule has 7 nitrogen and oxygen atoms in total. The molecule has 0 bridgehead atoms. The zero-order chi connectivity index (χ0) is 24.2. The van der Waals surface area contributed by atoms with Crippen LogP contribution in [0.4, 0.5) is 11.4 Å². The number of anilines is 2. The number of carbonyl (C=O) groups is 1. The molecular weight excluding hydrogens is 487 g/mol. The number of methoxy groups -OCH3 is 2. The summed E-state index contributed by atoms with van der Waals surface area (Å²) in [5.41, 5.74) is 1.19. The minimum absolute atomic E-state index is 0.00730. The van der Waals surface area contributed by atoms with E-state index in [2.05, 4.69) is 5.32 Å². The number of sulfonamides is 1. The van der Waals surface area contributed by atoms with Gasteiger partial charge < -0.3 is 14.8 Å². The molecule has 3 rings (SSSR count). The lowest BCUT2D eigenvalue weighted by molar-refractivity contribution is 0.102. The van der Waals surface area contributed by atoms with Gasteiger partial charge in [0.05, 0.1) is 49.0 Å². The van der Waals surface area contributed by atoms with Crippen molar-refractivity contribution in [3.63, 3.8) is 0 Å². The van der Waals surface area contributed by atoms with Gasteiger partial charge in [0, 0.05) is 11.1 Å². The van der Waals surface area contributed by atoms with Crippen molar-refractivity contribution >= 4 is 50.5 Å². The van der Waals surface area contributed by atoms with Crippen LogP contribution in [0.25, 0.3) is 0 Å². The van der Waals surface area contributed by atoms with Crippen molar-refractivity contribution in [1.82, 2.24) is 0 Å². The molecule has 0 heterocycles. The van der Waals surface area contributed by atoms with E-state index in [1.165, 1.54) is 32.4 Å². The Morgan fingerprint density at radius 3 is 2.21 bits per heavy atom. The fourth-order valence-electron chi connectivity index (χ4n) is 3.17. The summed E-state index contributed by atoms with van der Waals surface area (Å²) in [5.74, 6) is -0.0693. The summed E-state index contributed by atoms with van der Waals surface area (Å²) >= 11 is 12.2. The van der Waals surface area contributed by atoms with Gasteiger partial charge in [0.25, 0.3) is 5.91 Å². The Bertz CT molecular complexity index is 1270. The molecule has 0 aliphatic carbocycles. The Hall–Kier alpha value is -2.94. The molecule has 0 radical (unpaired) electrons. The van der Waals surface area contributed by atoms with Crippen LogP contribution in [0.15, 0.2) is 60.7 Å². The number of ether oxygens (including phenoxy) is 2. The van der Waals surface area contributed by atoms with E-state index in [1.54, 1.807) is 36.4 Å². The molecule has 0 saturated heterocycles. The van der Waals surface area contributed by atoms with Gasteiger partial charge in [-0.2, -0.15) is 0 Å². The minimum Gasteiger partial charge on any atom is -0.493 e. The zero-order valence-electron chi connectivity index (χ0n) is 18.1. The first kappa shape index (κ1) is 24.7. The van der Waals surface area contributed by atoms with E-state index in [4.69, 9.17) is 32.7 Å². The maximum Gasteiger partial charge on any atom is 0.257 e. The summed E-state index contributed by atoms with van der Waals surface area (Å²) in [7, 11) is -0.947. The number of carbonyl (C=O) groups excluding carboxylic acids is 1. The summed E-state index contributed by atoms with van der Waals surface area (Å²) in [5, 5.41) is 3.35. The smallest absolute Gasteiger partial charge is 0.257 e. The molecule has 0 spiro atoms. The second-order valence-corrected chi connectivity index (χ2v) is 9.81. The van der Waals surface area contributed by atoms with Crippen molar-refractivity contribution in [2.45, 2.75) is 6.54 Å². The molecule has 0 fully saturated rings. The summed E-state index contributed by atoms with van der Waals surface area (Å²) < 4.78 is 37.4. The number of amides is 1. The van der Waals surface area contributed by atoms with Crippen LogP contribution >= 0.6 is 23.2 Å². The molecule has 0 aliphatic rings. The van der Waals surface area contributed by atoms with Crippen molar-refractivity contribution < 1.29 is 22.7 Å². The Labute approximate surface area is 202 Å². The number of nitrogens with one attached hydrogen (secondary N) is 1. The van der Waals surface area contributed by atoms with E-state index in [-0.39, 0.29) is 40.0 Å². The van der Waals surface area contributed by atoms with Crippen LogP contribution in [0.1, 0.15) is 15.9 Å². The monoisotopic (exact) mass is 508 g/mol. The SMILES string of the molecule is COc1cc(C(=O)Nc2cc(Cl)ccc2Cl)c(N(Cc2ccccc2)S(C)(=O)=O)cc1OC. The largest absolute Gasteiger partial charge is 0.493 e. The van der Waals surface area contributed by atoms with Crippen LogP contribution < -0.4 is 19.1 Å². The lowest BCUT2D eigenvalue weighted by Crippen LogP contribution is -2.31. The van der Waals surface area contributed by atoms with Gasteiger partial charge in [-0.25, -0.2) is 8.42 Å². The molecule has 33 heavy (non-hydrogen) atoms. The Morgan fingerprint density at radius 2 is 1.61 bits per heavy atom. The predicted octanol–water partition coefficient (Wildman–Crippen LogP) is 5.23. The third-order valence-electron chi connectivity index (χ3n) is 4.76. The molecule has 3 aromatic rings. The van der Waals surface area contributed by atoms with Gasteiger partial charge in [0.15, 0.2) is 11.5 Å². The summed E-state index contributed by atoms with van der Waals surface area (Å²) in [4.78, 5) is 13.3. The van der Waals surface area contributed by atoms with Crippen molar-refractivity contribution in [3.05, 3.63) is 81.8 Å². The second kappa shape index (κ2) is 10.3. The number of halogens is 2. The third-order valence-corrected chi connectivity index (χ3v) is 6.45. The molecule has 1 amide bonds. The van der Waals surface area contributed by atoms with Gasteiger partial charge in [0.2, 0.25) is 10.0 Å². The Balaban J connectivity index is 2.15. The first-order valence-corrected chi connectivity index (χ1v) is 12.3. The Morgan fingerprint density at radius 1 is 0.970 bits per heavy atom. The first-order chi connectivity index (χ1) is 15.6. The lowest BCUT2D eigenvalue weighted by Gasteiger charge is -2.26. The fourth-order valence-corrected chi connectivity index (χ4v) is 4.40. The third kappa shape index (κ3) is 5.90. The van der Waals surface area contributed by atoms with Gasteiger partial charge >= 0.3 is 0 Å². The van der Waals surface area contributed by atoms with Crippen LogP contribution in [0.5, 0.6) is 11.5 Å². The number of nitrogens with zero attached hydrogens (tertiary/aromatic N) is 1. The highest BCUT2D eigenvalue weighted by Gasteiger charge is 2.27. The summed E-state index contributed by atoms with van der Waals surface area (Å²) in [6.07, 6.45) is 1.07. The van der Waals surface area contributed by atoms with Crippen molar-refractivity contribution in [2.24, 2.45) is 0 Å². The topological polar surface area (TPSA) is 84.9 Å². The van der Waals surface area contributed by atoms with Crippen LogP contribution in [0.2, 0.25) is 10.0 Å². The highest BCUT2D eigenvalue weighted by atomic mass is 35.5. The van der Waals surface area contributed by atoms with E-state index < -0.39 is 15.9 Å². The van der Waals surface area contributed by atoms with Crippen molar-refractivity contribution in [2.75, 3.05) is 30.1 Å². The number of benzene rings is 3. The number of hydrogen-bond donors (Lipinski definition) is 1. The van der Waals surface area contributed by atoms with Gasteiger partial charge in [-0.05, 0) is 29.8 Å². The summed E-state index contributed by atoms with van der Waals surface area (Å²) in [6.45, 7) is 0.00730. The summed E-state index contributed by atoms with van der Waals surface area (Å²) in [6, 6.07) is 16.5. The highest BCUT2D eigenvalue weighted by Crippen LogP contribution is 2.37. The van der Waals surface area contributed by atoms with Crippen LogP contribution in [0, 0.1) is 0 Å². The molecule has 0 atom stereocenters. The van der Waals surface area contributed by atoms with E-state index in [1.807, 2.05) is 6.07 Å². The first-order valence-electron chi connectivity index (χ1n) is 9.68. The average molecular weight is 509 g/mol. The standard InChI is InChI=1S/C23H22Cl2N2O5S/c1-31-21-12-17(23(28)26-19-11-16(24)9-10-18(19)25)20(13-22(21)32-2)27(33(3,29)30)14-15-7-5-4-6-8-15/h4-13H,14H2,1-3H3,(H,26,28). The minimum atomic E-state index is -3.79. The molecule has 0 aliphatic heterocycles. The van der Waals surface area contributed by atoms with Crippen molar-refractivity contribution in [1.29, 1.82) is 0 Å². The van der Waals surface area contributed by atoms with E-state index in [0.717, 1.165) is 16.1 Å². The normalized spacial score (nSPS) is 11.1. The molecule has 0 aromatic heterocycles. The van der Waals surface area contributed by atoms with Gasteiger partial charge in [-0.15, -0.1) is 0 Å². The van der Waals surface area contributed by atoms with Gasteiger partial charge in [-0.1, -0.05) is 53.5 Å². The van der Waals surface area contributed by atoms with E-state index in [9.17, 15) is 13.2 Å². The lowest BCUT2D eigenvalue weighted by atomic mass is 10.1. The number of rotatable bonds is 8. The van der Waals surface area contributed by atoms with E-state index in [0.29, 0.717) is 5.02 Å². The maximum atomic E-state index is 13.3. The van der Waals surface area contributed by atoms with Gasteiger partial charge in [0.1, 0.15) is 0 Å². The maximum absolute atomic E-state index is 13.3. The molecule has 174 valence electrons. The van der Waals surface area contributed by atoms with Crippen LogP contribution in [-0.2, 0) is 16.6 Å². The highest BCUT2D eigenvalue weighted by molar-refractivity contribution is 7.92. The van der Waals surface area contributed by atoms with E-state index >= 15 is 0 Å². The van der Waals surface area contributed by atoms with Crippen LogP contribution in [0.3, 0.4) is 0 Å². The second-order valence-electron chi connectivity index (χ2n) is 7.06. The fraction of sp³-hybridized carbons (Fsp3) is 0.174. The molecular formula is C23H22Cl2N2O5S.